The van der Waals surface area contributed by atoms with Gasteiger partial charge >= 0.3 is 0 Å². The van der Waals surface area contributed by atoms with Crippen molar-refractivity contribution in [3.63, 3.8) is 0 Å². The van der Waals surface area contributed by atoms with Gasteiger partial charge in [0.1, 0.15) is 6.73 Å². The van der Waals surface area contributed by atoms with Gasteiger partial charge in [-0.15, -0.1) is 0 Å². The molecular weight excluding hydrogens is 204 g/mol. The first kappa shape index (κ1) is 12.5. The number of benzene rings is 1. The van der Waals surface area contributed by atoms with Crippen LogP contribution in [-0.2, 0) is 9.53 Å². The molecule has 1 aromatic rings. The van der Waals surface area contributed by atoms with E-state index in [0.29, 0.717) is 19.8 Å². The van der Waals surface area contributed by atoms with Gasteiger partial charge in [0.2, 0.25) is 5.91 Å². The number of carbonyl (C=O) groups is 1. The Bertz CT molecular complexity index is 340. The van der Waals surface area contributed by atoms with E-state index in [0.717, 1.165) is 11.4 Å². The molecule has 0 atom stereocenters. The summed E-state index contributed by atoms with van der Waals surface area (Å²) >= 11 is 0. The number of hydrogen-bond acceptors (Lipinski definition) is 3. The summed E-state index contributed by atoms with van der Waals surface area (Å²) < 4.78 is 5.18. The molecule has 4 heteroatoms. The number of ether oxygens (including phenoxy) is 1. The van der Waals surface area contributed by atoms with Gasteiger partial charge in [-0.2, -0.15) is 0 Å². The Morgan fingerprint density at radius 2 is 2.06 bits per heavy atom. The SMILES string of the molecule is CCOCNc1cccc(NC(=O)CC)c1. The van der Waals surface area contributed by atoms with Crippen LogP contribution in [0.1, 0.15) is 20.3 Å². The van der Waals surface area contributed by atoms with E-state index in [-0.39, 0.29) is 5.91 Å². The van der Waals surface area contributed by atoms with Crippen LogP contribution in [0.15, 0.2) is 24.3 Å². The van der Waals surface area contributed by atoms with Crippen molar-refractivity contribution in [2.24, 2.45) is 0 Å². The van der Waals surface area contributed by atoms with Gasteiger partial charge < -0.3 is 15.4 Å². The van der Waals surface area contributed by atoms with E-state index < -0.39 is 0 Å². The molecule has 0 radical (unpaired) electrons. The normalized spacial score (nSPS) is 9.88. The number of hydrogen-bond donors (Lipinski definition) is 2. The molecule has 0 bridgehead atoms. The van der Waals surface area contributed by atoms with Crippen molar-refractivity contribution in [3.8, 4) is 0 Å². The first-order chi connectivity index (χ1) is 7.76. The second-order valence-corrected chi connectivity index (χ2v) is 3.30. The van der Waals surface area contributed by atoms with E-state index in [4.69, 9.17) is 4.74 Å². The third kappa shape index (κ3) is 4.31. The van der Waals surface area contributed by atoms with Gasteiger partial charge in [0.15, 0.2) is 0 Å². The number of nitrogens with one attached hydrogen (secondary N) is 2. The maximum absolute atomic E-state index is 11.2. The monoisotopic (exact) mass is 222 g/mol. The lowest BCUT2D eigenvalue weighted by Gasteiger charge is -2.08. The minimum Gasteiger partial charge on any atom is -0.363 e. The van der Waals surface area contributed by atoms with Crippen LogP contribution in [0.4, 0.5) is 11.4 Å². The van der Waals surface area contributed by atoms with Crippen LogP contribution in [0.2, 0.25) is 0 Å². The van der Waals surface area contributed by atoms with Crippen LogP contribution in [-0.4, -0.2) is 19.2 Å². The molecule has 88 valence electrons. The smallest absolute Gasteiger partial charge is 0.224 e. The van der Waals surface area contributed by atoms with Crippen molar-refractivity contribution < 1.29 is 9.53 Å². The van der Waals surface area contributed by atoms with Crippen LogP contribution in [0.5, 0.6) is 0 Å². The first-order valence-electron chi connectivity index (χ1n) is 5.47. The summed E-state index contributed by atoms with van der Waals surface area (Å²) in [6, 6.07) is 7.56. The molecule has 16 heavy (non-hydrogen) atoms. The van der Waals surface area contributed by atoms with Crippen molar-refractivity contribution >= 4 is 17.3 Å². The molecule has 0 aliphatic rings. The van der Waals surface area contributed by atoms with Crippen LogP contribution in [0, 0.1) is 0 Å². The summed E-state index contributed by atoms with van der Waals surface area (Å²) in [5.41, 5.74) is 1.73. The average molecular weight is 222 g/mol. The second kappa shape index (κ2) is 6.85. The fraction of sp³-hybridized carbons (Fsp3) is 0.417. The molecule has 0 saturated heterocycles. The van der Waals surface area contributed by atoms with Crippen LogP contribution < -0.4 is 10.6 Å². The lowest BCUT2D eigenvalue weighted by molar-refractivity contribution is -0.115. The third-order valence-corrected chi connectivity index (χ3v) is 2.05. The zero-order valence-electron chi connectivity index (χ0n) is 9.75. The zero-order chi connectivity index (χ0) is 11.8. The Hall–Kier alpha value is -1.55. The van der Waals surface area contributed by atoms with Crippen molar-refractivity contribution in [2.45, 2.75) is 20.3 Å². The Kier molecular flexibility index (Phi) is 5.36. The minimum absolute atomic E-state index is 0.0157. The largest absolute Gasteiger partial charge is 0.363 e. The first-order valence-corrected chi connectivity index (χ1v) is 5.47. The van der Waals surface area contributed by atoms with Crippen LogP contribution in [0.3, 0.4) is 0 Å². The minimum atomic E-state index is 0.0157. The summed E-state index contributed by atoms with van der Waals surface area (Å²) in [5.74, 6) is 0.0157. The Balaban J connectivity index is 2.53. The Morgan fingerprint density at radius 1 is 1.31 bits per heavy atom. The Labute approximate surface area is 96.0 Å². The number of anilines is 2. The van der Waals surface area contributed by atoms with E-state index in [1.54, 1.807) is 0 Å². The summed E-state index contributed by atoms with van der Waals surface area (Å²) in [7, 11) is 0. The van der Waals surface area contributed by atoms with Crippen molar-refractivity contribution in [2.75, 3.05) is 24.0 Å². The second-order valence-electron chi connectivity index (χ2n) is 3.30. The van der Waals surface area contributed by atoms with Gasteiger partial charge in [0.05, 0.1) is 0 Å². The summed E-state index contributed by atoms with van der Waals surface area (Å²) in [5, 5.41) is 5.91. The molecule has 0 heterocycles. The standard InChI is InChI=1S/C12H18N2O2/c1-3-12(15)14-11-7-5-6-10(8-11)13-9-16-4-2/h5-8,13H,3-4,9H2,1-2H3,(H,14,15). The van der Waals surface area contributed by atoms with Gasteiger partial charge in [-0.3, -0.25) is 4.79 Å². The van der Waals surface area contributed by atoms with Crippen LogP contribution >= 0.6 is 0 Å². The fourth-order valence-corrected chi connectivity index (χ4v) is 1.19. The maximum Gasteiger partial charge on any atom is 0.224 e. The van der Waals surface area contributed by atoms with E-state index in [1.165, 1.54) is 0 Å². The maximum atomic E-state index is 11.2. The zero-order valence-corrected chi connectivity index (χ0v) is 9.75. The molecule has 0 unspecified atom stereocenters. The molecule has 0 aromatic heterocycles. The van der Waals surface area contributed by atoms with Crippen molar-refractivity contribution in [1.82, 2.24) is 0 Å². The van der Waals surface area contributed by atoms with E-state index >= 15 is 0 Å². The molecule has 0 aliphatic heterocycles. The molecule has 0 aliphatic carbocycles. The van der Waals surface area contributed by atoms with Gasteiger partial charge in [0.25, 0.3) is 0 Å². The van der Waals surface area contributed by atoms with Crippen molar-refractivity contribution in [3.05, 3.63) is 24.3 Å². The van der Waals surface area contributed by atoms with E-state index in [9.17, 15) is 4.79 Å². The van der Waals surface area contributed by atoms with Gasteiger partial charge in [-0.1, -0.05) is 13.0 Å². The fourth-order valence-electron chi connectivity index (χ4n) is 1.19. The van der Waals surface area contributed by atoms with E-state index in [1.807, 2.05) is 38.1 Å². The van der Waals surface area contributed by atoms with Gasteiger partial charge in [0, 0.05) is 24.4 Å². The average Bonchev–Trinajstić information content (AvgIpc) is 2.30. The van der Waals surface area contributed by atoms with Gasteiger partial charge in [-0.25, -0.2) is 0 Å². The molecule has 4 nitrogen and oxygen atoms in total. The summed E-state index contributed by atoms with van der Waals surface area (Å²) in [4.78, 5) is 11.2. The van der Waals surface area contributed by atoms with Crippen molar-refractivity contribution in [1.29, 1.82) is 0 Å². The highest BCUT2D eigenvalue weighted by Gasteiger charge is 1.99. The highest BCUT2D eigenvalue weighted by atomic mass is 16.5. The van der Waals surface area contributed by atoms with E-state index in [2.05, 4.69) is 10.6 Å². The molecule has 1 amide bonds. The quantitative estimate of drug-likeness (QED) is 0.574. The molecule has 0 saturated carbocycles. The molecule has 1 aromatic carbocycles. The summed E-state index contributed by atoms with van der Waals surface area (Å²) in [6.45, 7) is 4.92. The number of rotatable bonds is 6. The molecule has 1 rings (SSSR count). The summed E-state index contributed by atoms with van der Waals surface area (Å²) in [6.07, 6.45) is 0.483. The number of carbonyl (C=O) groups excluding carboxylic acids is 1. The third-order valence-electron chi connectivity index (χ3n) is 2.05. The molecule has 0 spiro atoms. The topological polar surface area (TPSA) is 50.4 Å². The lowest BCUT2D eigenvalue weighted by Crippen LogP contribution is -2.10. The predicted molar refractivity (Wildman–Crippen MR) is 65.5 cm³/mol. The Morgan fingerprint density at radius 3 is 2.75 bits per heavy atom. The number of amides is 1. The molecular formula is C12H18N2O2. The molecule has 2 N–H and O–H groups in total. The molecule has 0 fully saturated rings. The van der Waals surface area contributed by atoms with Crippen LogP contribution in [0.25, 0.3) is 0 Å². The highest BCUT2D eigenvalue weighted by Crippen LogP contribution is 2.14. The van der Waals surface area contributed by atoms with Gasteiger partial charge in [-0.05, 0) is 25.1 Å². The predicted octanol–water partition coefficient (Wildman–Crippen LogP) is 2.44. The highest BCUT2D eigenvalue weighted by molar-refractivity contribution is 5.90. The lowest BCUT2D eigenvalue weighted by atomic mass is 10.2.